The van der Waals surface area contributed by atoms with Crippen LogP contribution >= 0.6 is 0 Å². The summed E-state index contributed by atoms with van der Waals surface area (Å²) in [5, 5.41) is 1.33. The van der Waals surface area contributed by atoms with E-state index >= 15 is 0 Å². The first-order valence-electron chi connectivity index (χ1n) is 14.0. The fraction of sp³-hybridized carbons (Fsp3) is 0.135. The zero-order valence-corrected chi connectivity index (χ0v) is 22.0. The lowest BCUT2D eigenvalue weighted by Gasteiger charge is -2.28. The normalized spacial score (nSPS) is 21.0. The van der Waals surface area contributed by atoms with E-state index in [1.165, 1.54) is 55.9 Å². The molecule has 0 radical (unpaired) electrons. The van der Waals surface area contributed by atoms with E-state index in [0.717, 1.165) is 6.42 Å². The molecular formula is C37H30N2. The second-order valence-corrected chi connectivity index (χ2v) is 11.0. The van der Waals surface area contributed by atoms with E-state index in [1.807, 2.05) is 0 Å². The van der Waals surface area contributed by atoms with Crippen LogP contribution in [-0.2, 0) is 0 Å². The summed E-state index contributed by atoms with van der Waals surface area (Å²) in [6.45, 7) is 2.39. The molecule has 2 heteroatoms. The van der Waals surface area contributed by atoms with Gasteiger partial charge < -0.3 is 9.47 Å². The van der Waals surface area contributed by atoms with E-state index < -0.39 is 0 Å². The zero-order chi connectivity index (χ0) is 25.9. The highest BCUT2D eigenvalue weighted by molar-refractivity contribution is 5.99. The minimum absolute atomic E-state index is 0.317. The molecule has 0 bridgehead atoms. The molecule has 3 atom stereocenters. The maximum atomic E-state index is 2.51. The number of aromatic nitrogens is 1. The van der Waals surface area contributed by atoms with E-state index in [2.05, 4.69) is 150 Å². The number of hydrogen-bond donors (Lipinski definition) is 0. The van der Waals surface area contributed by atoms with Crippen molar-refractivity contribution < 1.29 is 0 Å². The Bertz CT molecular complexity index is 1800. The molecule has 1 aromatic heterocycles. The third kappa shape index (κ3) is 3.41. The van der Waals surface area contributed by atoms with E-state index in [0.29, 0.717) is 17.9 Å². The molecule has 2 nitrogen and oxygen atoms in total. The Labute approximate surface area is 229 Å². The van der Waals surface area contributed by atoms with Gasteiger partial charge in [0.1, 0.15) is 0 Å². The van der Waals surface area contributed by atoms with E-state index in [-0.39, 0.29) is 0 Å². The smallest absolute Gasteiger partial charge is 0.0629 e. The highest BCUT2D eigenvalue weighted by atomic mass is 15.2. The third-order valence-electron chi connectivity index (χ3n) is 8.73. The number of anilines is 2. The summed E-state index contributed by atoms with van der Waals surface area (Å²) < 4.78 is 2.48. The first-order valence-corrected chi connectivity index (χ1v) is 14.0. The van der Waals surface area contributed by atoms with Gasteiger partial charge in [-0.05, 0) is 71.7 Å². The molecule has 188 valence electrons. The average molecular weight is 503 g/mol. The molecule has 8 rings (SSSR count). The van der Waals surface area contributed by atoms with Gasteiger partial charge in [0.2, 0.25) is 0 Å². The van der Waals surface area contributed by atoms with Gasteiger partial charge in [-0.15, -0.1) is 0 Å². The van der Waals surface area contributed by atoms with Crippen LogP contribution in [0.15, 0.2) is 127 Å². The van der Waals surface area contributed by atoms with Crippen LogP contribution in [0.1, 0.15) is 47.6 Å². The molecule has 0 fully saturated rings. The SMILES string of the molecule is CC1CC(c2ccc3c(c2)C2C=CC=CC2N3c2ccccc2)=Cc2c1n(-c1ccccc1)c1ccccc21. The first kappa shape index (κ1) is 22.4. The molecule has 0 saturated heterocycles. The fourth-order valence-electron chi connectivity index (χ4n) is 7.07. The molecule has 3 unspecified atom stereocenters. The summed E-state index contributed by atoms with van der Waals surface area (Å²) in [6, 6.07) is 38.0. The molecule has 1 aliphatic heterocycles. The Morgan fingerprint density at radius 1 is 0.718 bits per heavy atom. The van der Waals surface area contributed by atoms with Crippen molar-refractivity contribution >= 4 is 33.9 Å². The standard InChI is InChI=1S/C37H30N2/c1-25-22-27(24-33-31-17-9-11-19-35(31)39(37(25)33)29-14-6-3-7-15-29)26-20-21-36-32(23-26)30-16-8-10-18-34(30)38(36)28-12-4-2-5-13-28/h2-21,23-25,30,34H,22H2,1H3. The number of fused-ring (bicyclic) bond motifs is 6. The Morgan fingerprint density at radius 3 is 2.26 bits per heavy atom. The van der Waals surface area contributed by atoms with Crippen molar-refractivity contribution in [3.8, 4) is 5.69 Å². The van der Waals surface area contributed by atoms with E-state index in [9.17, 15) is 0 Å². The molecule has 0 amide bonds. The van der Waals surface area contributed by atoms with Crippen LogP contribution in [0.5, 0.6) is 0 Å². The van der Waals surface area contributed by atoms with Gasteiger partial charge in [-0.1, -0.05) is 91.9 Å². The number of hydrogen-bond acceptors (Lipinski definition) is 1. The number of rotatable bonds is 3. The Kier molecular flexibility index (Phi) is 5.03. The maximum Gasteiger partial charge on any atom is 0.0629 e. The molecule has 2 aliphatic carbocycles. The summed E-state index contributed by atoms with van der Waals surface area (Å²) in [5.74, 6) is 0.772. The van der Waals surface area contributed by atoms with Crippen molar-refractivity contribution in [2.75, 3.05) is 4.90 Å². The molecule has 2 heterocycles. The van der Waals surface area contributed by atoms with Gasteiger partial charge in [-0.2, -0.15) is 0 Å². The van der Waals surface area contributed by atoms with E-state index in [1.54, 1.807) is 0 Å². The zero-order valence-electron chi connectivity index (χ0n) is 22.0. The Balaban J connectivity index is 1.28. The predicted molar refractivity (Wildman–Crippen MR) is 164 cm³/mol. The van der Waals surface area contributed by atoms with Crippen molar-refractivity contribution in [1.29, 1.82) is 0 Å². The van der Waals surface area contributed by atoms with Gasteiger partial charge in [-0.25, -0.2) is 0 Å². The number of allylic oxidation sites excluding steroid dienone is 3. The molecule has 3 aliphatic rings. The summed E-state index contributed by atoms with van der Waals surface area (Å²) in [7, 11) is 0. The fourth-order valence-corrected chi connectivity index (χ4v) is 7.07. The van der Waals surface area contributed by atoms with Gasteiger partial charge in [-0.3, -0.25) is 0 Å². The van der Waals surface area contributed by atoms with Gasteiger partial charge in [0.15, 0.2) is 0 Å². The van der Waals surface area contributed by atoms with Gasteiger partial charge in [0.05, 0.1) is 11.6 Å². The summed E-state index contributed by atoms with van der Waals surface area (Å²) in [4.78, 5) is 2.51. The molecular weight excluding hydrogens is 472 g/mol. The van der Waals surface area contributed by atoms with Gasteiger partial charge in [0.25, 0.3) is 0 Å². The predicted octanol–water partition coefficient (Wildman–Crippen LogP) is 9.41. The van der Waals surface area contributed by atoms with Crippen LogP contribution in [0.25, 0.3) is 28.2 Å². The highest BCUT2D eigenvalue weighted by Crippen LogP contribution is 2.50. The Morgan fingerprint density at radius 2 is 1.44 bits per heavy atom. The van der Waals surface area contributed by atoms with Crippen molar-refractivity contribution in [2.45, 2.75) is 31.2 Å². The largest absolute Gasteiger partial charge is 0.333 e. The molecule has 39 heavy (non-hydrogen) atoms. The van der Waals surface area contributed by atoms with E-state index in [4.69, 9.17) is 0 Å². The van der Waals surface area contributed by atoms with Crippen LogP contribution in [-0.4, -0.2) is 10.6 Å². The molecule has 5 aromatic rings. The monoisotopic (exact) mass is 502 g/mol. The molecule has 0 saturated carbocycles. The maximum absolute atomic E-state index is 2.51. The van der Waals surface area contributed by atoms with Crippen molar-refractivity contribution in [1.82, 2.24) is 4.57 Å². The minimum Gasteiger partial charge on any atom is -0.333 e. The molecule has 0 N–H and O–H groups in total. The highest BCUT2D eigenvalue weighted by Gasteiger charge is 2.37. The summed E-state index contributed by atoms with van der Waals surface area (Å²) >= 11 is 0. The quantitative estimate of drug-likeness (QED) is 0.239. The molecule has 4 aromatic carbocycles. The van der Waals surface area contributed by atoms with Crippen LogP contribution < -0.4 is 4.90 Å². The van der Waals surface area contributed by atoms with Gasteiger partial charge in [0, 0.05) is 45.5 Å². The number of para-hydroxylation sites is 3. The summed E-state index contributed by atoms with van der Waals surface area (Å²) in [6.07, 6.45) is 12.6. The molecule has 0 spiro atoms. The van der Waals surface area contributed by atoms with Crippen molar-refractivity contribution in [3.63, 3.8) is 0 Å². The Hall–Kier alpha value is -4.56. The van der Waals surface area contributed by atoms with Crippen LogP contribution in [0.2, 0.25) is 0 Å². The third-order valence-corrected chi connectivity index (χ3v) is 8.73. The van der Waals surface area contributed by atoms with Crippen molar-refractivity contribution in [2.24, 2.45) is 0 Å². The lowest BCUT2D eigenvalue weighted by Crippen LogP contribution is -2.28. The van der Waals surface area contributed by atoms with Gasteiger partial charge >= 0.3 is 0 Å². The average Bonchev–Trinajstić information content (AvgIpc) is 3.51. The number of nitrogens with zero attached hydrogens (tertiary/aromatic N) is 2. The summed E-state index contributed by atoms with van der Waals surface area (Å²) in [5.41, 5.74) is 12.1. The lowest BCUT2D eigenvalue weighted by molar-refractivity contribution is 0.732. The van der Waals surface area contributed by atoms with Crippen molar-refractivity contribution in [3.05, 3.63) is 150 Å². The number of benzene rings is 4. The van der Waals surface area contributed by atoms with Crippen LogP contribution in [0.4, 0.5) is 11.4 Å². The first-order chi connectivity index (χ1) is 19.3. The van der Waals surface area contributed by atoms with Crippen LogP contribution in [0.3, 0.4) is 0 Å². The topological polar surface area (TPSA) is 8.17 Å². The van der Waals surface area contributed by atoms with Crippen LogP contribution in [0, 0.1) is 0 Å². The lowest BCUT2D eigenvalue weighted by atomic mass is 9.83. The second kappa shape index (κ2) is 8.74. The minimum atomic E-state index is 0.317. The second-order valence-electron chi connectivity index (χ2n) is 11.0.